The highest BCUT2D eigenvalue weighted by Crippen LogP contribution is 2.27. The summed E-state index contributed by atoms with van der Waals surface area (Å²) in [4.78, 5) is 33.9. The fourth-order valence-electron chi connectivity index (χ4n) is 2.02. The van der Waals surface area contributed by atoms with Crippen LogP contribution in [-0.4, -0.2) is 30.5 Å². The van der Waals surface area contributed by atoms with E-state index < -0.39 is 23.4 Å². The first-order chi connectivity index (χ1) is 12.0. The molecule has 0 atom stereocenters. The van der Waals surface area contributed by atoms with E-state index in [1.807, 2.05) is 30.3 Å². The maximum Gasteiger partial charge on any atom is 0.338 e. The Morgan fingerprint density at radius 2 is 1.88 bits per heavy atom. The molecule has 8 heteroatoms. The molecule has 0 aromatic heterocycles. The number of benzene rings is 2. The van der Waals surface area contributed by atoms with Crippen LogP contribution in [0.3, 0.4) is 0 Å². The largest absolute Gasteiger partial charge is 0.490 e. The molecule has 2 rings (SSSR count). The van der Waals surface area contributed by atoms with Crippen LogP contribution in [0.25, 0.3) is 0 Å². The normalized spacial score (nSPS) is 9.96. The Bertz CT molecular complexity index is 776. The minimum Gasteiger partial charge on any atom is -0.490 e. The topological polar surface area (TPSA) is 108 Å². The van der Waals surface area contributed by atoms with Crippen molar-refractivity contribution in [3.05, 3.63) is 69.8 Å². The second kappa shape index (κ2) is 8.44. The molecule has 1 amide bonds. The van der Waals surface area contributed by atoms with Crippen molar-refractivity contribution in [3.8, 4) is 5.75 Å². The Morgan fingerprint density at radius 3 is 2.52 bits per heavy atom. The minimum atomic E-state index is -0.833. The first-order valence-corrected chi connectivity index (χ1v) is 7.31. The van der Waals surface area contributed by atoms with Crippen LogP contribution in [-0.2, 0) is 16.1 Å². The number of rotatable bonds is 7. The Labute approximate surface area is 143 Å². The van der Waals surface area contributed by atoms with Crippen molar-refractivity contribution >= 4 is 17.6 Å². The Morgan fingerprint density at radius 1 is 1.16 bits per heavy atom. The average molecular weight is 344 g/mol. The summed E-state index contributed by atoms with van der Waals surface area (Å²) in [5.74, 6) is -1.28. The zero-order valence-electron chi connectivity index (χ0n) is 13.4. The minimum absolute atomic E-state index is 0.0298. The van der Waals surface area contributed by atoms with Crippen molar-refractivity contribution in [1.29, 1.82) is 0 Å². The zero-order valence-corrected chi connectivity index (χ0v) is 13.4. The quantitative estimate of drug-likeness (QED) is 0.468. The lowest BCUT2D eigenvalue weighted by Gasteiger charge is -2.07. The number of nitro groups is 1. The second-order valence-electron chi connectivity index (χ2n) is 4.98. The highest BCUT2D eigenvalue weighted by atomic mass is 16.6. The van der Waals surface area contributed by atoms with Crippen molar-refractivity contribution in [2.24, 2.45) is 0 Å². The molecule has 0 unspecified atom stereocenters. The summed E-state index contributed by atoms with van der Waals surface area (Å²) < 4.78 is 9.73. The van der Waals surface area contributed by atoms with Gasteiger partial charge < -0.3 is 14.8 Å². The van der Waals surface area contributed by atoms with E-state index in [-0.39, 0.29) is 17.0 Å². The first kappa shape index (κ1) is 17.9. The summed E-state index contributed by atoms with van der Waals surface area (Å²) in [6.45, 7) is -0.170. The van der Waals surface area contributed by atoms with Crippen molar-refractivity contribution in [2.75, 3.05) is 13.7 Å². The number of nitrogens with zero attached hydrogens (tertiary/aromatic N) is 1. The molecule has 0 saturated heterocycles. The van der Waals surface area contributed by atoms with E-state index in [2.05, 4.69) is 5.32 Å². The number of carbonyl (C=O) groups is 2. The van der Waals surface area contributed by atoms with Crippen molar-refractivity contribution < 1.29 is 24.0 Å². The van der Waals surface area contributed by atoms with Gasteiger partial charge in [0.1, 0.15) is 0 Å². The zero-order chi connectivity index (χ0) is 18.2. The van der Waals surface area contributed by atoms with Crippen molar-refractivity contribution in [3.63, 3.8) is 0 Å². The van der Waals surface area contributed by atoms with Gasteiger partial charge >= 0.3 is 11.7 Å². The maximum absolute atomic E-state index is 11.9. The van der Waals surface area contributed by atoms with Crippen LogP contribution in [0.4, 0.5) is 5.69 Å². The summed E-state index contributed by atoms with van der Waals surface area (Å²) >= 11 is 0. The number of carbonyl (C=O) groups excluding carboxylic acids is 2. The van der Waals surface area contributed by atoms with Crippen LogP contribution in [0.2, 0.25) is 0 Å². The van der Waals surface area contributed by atoms with E-state index in [0.29, 0.717) is 6.54 Å². The molecule has 2 aromatic carbocycles. The van der Waals surface area contributed by atoms with E-state index in [1.54, 1.807) is 0 Å². The molecule has 130 valence electrons. The van der Waals surface area contributed by atoms with Crippen molar-refractivity contribution in [2.45, 2.75) is 6.54 Å². The van der Waals surface area contributed by atoms with Gasteiger partial charge in [-0.2, -0.15) is 0 Å². The first-order valence-electron chi connectivity index (χ1n) is 7.31. The van der Waals surface area contributed by atoms with Gasteiger partial charge in [-0.1, -0.05) is 30.3 Å². The number of hydrogen-bond acceptors (Lipinski definition) is 6. The van der Waals surface area contributed by atoms with Gasteiger partial charge in [0.05, 0.1) is 17.6 Å². The molecule has 0 spiro atoms. The predicted octanol–water partition coefficient (Wildman–Crippen LogP) is 2.08. The summed E-state index contributed by atoms with van der Waals surface area (Å²) in [5, 5.41) is 13.6. The van der Waals surface area contributed by atoms with E-state index >= 15 is 0 Å². The van der Waals surface area contributed by atoms with Crippen LogP contribution in [0, 0.1) is 10.1 Å². The SMILES string of the molecule is COc1ccc(C(=O)OCC(=O)NCc2ccccc2)cc1[N+](=O)[O-]. The summed E-state index contributed by atoms with van der Waals surface area (Å²) in [5.41, 5.74) is 0.516. The number of methoxy groups -OCH3 is 1. The van der Waals surface area contributed by atoms with Crippen LogP contribution >= 0.6 is 0 Å². The number of amides is 1. The molecule has 0 heterocycles. The van der Waals surface area contributed by atoms with Gasteiger partial charge in [-0.05, 0) is 17.7 Å². The van der Waals surface area contributed by atoms with Gasteiger partial charge in [0.2, 0.25) is 0 Å². The molecule has 0 fully saturated rings. The van der Waals surface area contributed by atoms with Gasteiger partial charge in [-0.15, -0.1) is 0 Å². The maximum atomic E-state index is 11.9. The summed E-state index contributed by atoms with van der Waals surface area (Å²) in [6, 6.07) is 12.9. The van der Waals surface area contributed by atoms with Crippen LogP contribution in [0.15, 0.2) is 48.5 Å². The third-order valence-electron chi connectivity index (χ3n) is 3.28. The number of ether oxygens (including phenoxy) is 2. The van der Waals surface area contributed by atoms with E-state index in [1.165, 1.54) is 19.2 Å². The van der Waals surface area contributed by atoms with Gasteiger partial charge in [-0.25, -0.2) is 4.79 Å². The lowest BCUT2D eigenvalue weighted by Crippen LogP contribution is -2.28. The van der Waals surface area contributed by atoms with E-state index in [0.717, 1.165) is 11.6 Å². The predicted molar refractivity (Wildman–Crippen MR) is 88.2 cm³/mol. The smallest absolute Gasteiger partial charge is 0.338 e. The molecule has 2 aromatic rings. The molecular weight excluding hydrogens is 328 g/mol. The average Bonchev–Trinajstić information content (AvgIpc) is 2.64. The van der Waals surface area contributed by atoms with Crippen molar-refractivity contribution in [1.82, 2.24) is 5.32 Å². The van der Waals surface area contributed by atoms with Gasteiger partial charge in [-0.3, -0.25) is 14.9 Å². The van der Waals surface area contributed by atoms with Gasteiger partial charge in [0.25, 0.3) is 5.91 Å². The number of nitrogens with one attached hydrogen (secondary N) is 1. The molecule has 0 aliphatic carbocycles. The molecule has 0 radical (unpaired) electrons. The molecule has 0 bridgehead atoms. The molecule has 0 aliphatic rings. The number of hydrogen-bond donors (Lipinski definition) is 1. The summed E-state index contributed by atoms with van der Waals surface area (Å²) in [6.07, 6.45) is 0. The molecular formula is C17H16N2O6. The van der Waals surface area contributed by atoms with E-state index in [4.69, 9.17) is 9.47 Å². The van der Waals surface area contributed by atoms with E-state index in [9.17, 15) is 19.7 Å². The Balaban J connectivity index is 1.90. The fourth-order valence-corrected chi connectivity index (χ4v) is 2.02. The molecule has 25 heavy (non-hydrogen) atoms. The second-order valence-corrected chi connectivity index (χ2v) is 4.98. The molecule has 8 nitrogen and oxygen atoms in total. The summed E-state index contributed by atoms with van der Waals surface area (Å²) in [7, 11) is 1.29. The van der Waals surface area contributed by atoms with Crippen LogP contribution in [0.1, 0.15) is 15.9 Å². The third kappa shape index (κ3) is 5.03. The Kier molecular flexibility index (Phi) is 6.05. The van der Waals surface area contributed by atoms with Crippen LogP contribution < -0.4 is 10.1 Å². The molecule has 0 aliphatic heterocycles. The lowest BCUT2D eigenvalue weighted by atomic mass is 10.2. The Hall–Kier alpha value is -3.42. The number of esters is 1. The molecule has 1 N–H and O–H groups in total. The molecule has 0 saturated carbocycles. The monoisotopic (exact) mass is 344 g/mol. The van der Waals surface area contributed by atoms with Gasteiger partial charge in [0, 0.05) is 12.6 Å². The standard InChI is InChI=1S/C17H16N2O6/c1-24-15-8-7-13(9-14(15)19(22)23)17(21)25-11-16(20)18-10-12-5-3-2-4-6-12/h2-9H,10-11H2,1H3,(H,18,20). The number of nitro benzene ring substituents is 1. The van der Waals surface area contributed by atoms with Gasteiger partial charge in [0.15, 0.2) is 12.4 Å². The fraction of sp³-hybridized carbons (Fsp3) is 0.176. The highest BCUT2D eigenvalue weighted by Gasteiger charge is 2.19. The highest BCUT2D eigenvalue weighted by molar-refractivity contribution is 5.92. The lowest BCUT2D eigenvalue weighted by molar-refractivity contribution is -0.385. The third-order valence-corrected chi connectivity index (χ3v) is 3.28. The van der Waals surface area contributed by atoms with Crippen LogP contribution in [0.5, 0.6) is 5.75 Å².